The van der Waals surface area contributed by atoms with Gasteiger partial charge in [-0.2, -0.15) is 0 Å². The van der Waals surface area contributed by atoms with Gasteiger partial charge in [-0.1, -0.05) is 12.1 Å². The molecule has 1 N–H and O–H groups in total. The molecule has 25 heavy (non-hydrogen) atoms. The Morgan fingerprint density at radius 3 is 2.52 bits per heavy atom. The van der Waals surface area contributed by atoms with E-state index in [1.54, 1.807) is 0 Å². The molecule has 2 unspecified atom stereocenters. The summed E-state index contributed by atoms with van der Waals surface area (Å²) in [4.78, 5) is 17.0. The van der Waals surface area contributed by atoms with Crippen molar-refractivity contribution in [3.05, 3.63) is 35.6 Å². The molecule has 3 atom stereocenters. The maximum absolute atomic E-state index is 13.0. The van der Waals surface area contributed by atoms with Gasteiger partial charge in [0.25, 0.3) is 0 Å². The minimum absolute atomic E-state index is 0.141. The predicted molar refractivity (Wildman–Crippen MR) is 95.9 cm³/mol. The van der Waals surface area contributed by atoms with E-state index < -0.39 is 0 Å². The number of carbonyl (C=O) groups is 1. The summed E-state index contributed by atoms with van der Waals surface area (Å²) in [7, 11) is 0. The number of halogens is 1. The number of benzene rings is 1. The molecule has 3 aliphatic rings. The monoisotopic (exact) mass is 345 g/mol. The molecule has 5 heteroatoms. The fourth-order valence-corrected chi connectivity index (χ4v) is 4.73. The normalized spacial score (nSPS) is 29.2. The van der Waals surface area contributed by atoms with Gasteiger partial charge < -0.3 is 15.1 Å². The minimum atomic E-state index is -0.182. The first-order chi connectivity index (χ1) is 12.2. The SMILES string of the molecule is O=C(N[C@H]1CCN(CCc2ccc(F)cc2)C1)N1CC2CCC(C2)C1. The van der Waals surface area contributed by atoms with Crippen molar-refractivity contribution in [3.8, 4) is 0 Å². The number of nitrogens with one attached hydrogen (secondary N) is 1. The maximum atomic E-state index is 13.0. The van der Waals surface area contributed by atoms with Crippen LogP contribution < -0.4 is 5.32 Å². The summed E-state index contributed by atoms with van der Waals surface area (Å²) in [6.45, 7) is 4.81. The van der Waals surface area contributed by atoms with E-state index >= 15 is 0 Å². The van der Waals surface area contributed by atoms with E-state index in [0.29, 0.717) is 0 Å². The van der Waals surface area contributed by atoms with Gasteiger partial charge in [0.1, 0.15) is 5.82 Å². The summed E-state index contributed by atoms with van der Waals surface area (Å²) >= 11 is 0. The van der Waals surface area contributed by atoms with Gasteiger partial charge in [0.05, 0.1) is 0 Å². The Morgan fingerprint density at radius 1 is 1.08 bits per heavy atom. The zero-order valence-electron chi connectivity index (χ0n) is 14.8. The number of fused-ring (bicyclic) bond motifs is 2. The van der Waals surface area contributed by atoms with Crippen LogP contribution in [0.4, 0.5) is 9.18 Å². The second-order valence-electron chi connectivity index (χ2n) is 8.06. The molecule has 1 aromatic carbocycles. The standard InChI is InChI=1S/C20H28FN3O/c21-18-5-3-15(4-6-18)7-9-23-10-8-19(14-23)22-20(25)24-12-16-1-2-17(11-16)13-24/h3-6,16-17,19H,1-2,7-14H2,(H,22,25)/t16?,17?,19-/m0/s1. The van der Waals surface area contributed by atoms with Crippen LogP contribution in [0.1, 0.15) is 31.2 Å². The number of rotatable bonds is 4. The highest BCUT2D eigenvalue weighted by molar-refractivity contribution is 5.74. The number of piperidine rings is 1. The lowest BCUT2D eigenvalue weighted by Gasteiger charge is -2.32. The first-order valence-corrected chi connectivity index (χ1v) is 9.68. The van der Waals surface area contributed by atoms with Gasteiger partial charge in [0.15, 0.2) is 0 Å². The van der Waals surface area contributed by atoms with Crippen LogP contribution in [0.15, 0.2) is 24.3 Å². The van der Waals surface area contributed by atoms with E-state index in [2.05, 4.69) is 10.2 Å². The van der Waals surface area contributed by atoms with E-state index in [1.165, 1.54) is 31.4 Å². The number of urea groups is 1. The first kappa shape index (κ1) is 16.8. The summed E-state index contributed by atoms with van der Waals surface area (Å²) < 4.78 is 13.0. The topological polar surface area (TPSA) is 35.6 Å². The Balaban J connectivity index is 1.21. The Hall–Kier alpha value is -1.62. The van der Waals surface area contributed by atoms with Gasteiger partial charge in [-0.05, 0) is 61.6 Å². The molecule has 2 heterocycles. The van der Waals surface area contributed by atoms with Crippen LogP contribution in [0, 0.1) is 17.7 Å². The van der Waals surface area contributed by atoms with Crippen LogP contribution >= 0.6 is 0 Å². The number of hydrogen-bond donors (Lipinski definition) is 1. The smallest absolute Gasteiger partial charge is 0.317 e. The molecule has 136 valence electrons. The molecular weight excluding hydrogens is 317 g/mol. The van der Waals surface area contributed by atoms with E-state index in [0.717, 1.165) is 63.0 Å². The fraction of sp³-hybridized carbons (Fsp3) is 0.650. The van der Waals surface area contributed by atoms with Crippen molar-refractivity contribution < 1.29 is 9.18 Å². The van der Waals surface area contributed by atoms with Gasteiger partial charge in [0.2, 0.25) is 0 Å². The van der Waals surface area contributed by atoms with Crippen molar-refractivity contribution in [1.29, 1.82) is 0 Å². The molecule has 2 aliphatic heterocycles. The number of amides is 2. The number of likely N-dealkylation sites (tertiary alicyclic amines) is 2. The number of hydrogen-bond acceptors (Lipinski definition) is 2. The zero-order valence-corrected chi connectivity index (χ0v) is 14.8. The molecule has 4 nitrogen and oxygen atoms in total. The van der Waals surface area contributed by atoms with Crippen LogP contribution in [0.5, 0.6) is 0 Å². The lowest BCUT2D eigenvalue weighted by Crippen LogP contribution is -2.49. The van der Waals surface area contributed by atoms with Crippen LogP contribution in [-0.4, -0.2) is 54.6 Å². The van der Waals surface area contributed by atoms with Crippen molar-refractivity contribution >= 4 is 6.03 Å². The van der Waals surface area contributed by atoms with Crippen molar-refractivity contribution in [2.24, 2.45) is 11.8 Å². The number of carbonyl (C=O) groups excluding carboxylic acids is 1. The summed E-state index contributed by atoms with van der Waals surface area (Å²) in [5.41, 5.74) is 1.16. The average Bonchev–Trinajstić information content (AvgIpc) is 3.20. The van der Waals surface area contributed by atoms with Crippen LogP contribution in [0.25, 0.3) is 0 Å². The van der Waals surface area contributed by atoms with Crippen LogP contribution in [0.2, 0.25) is 0 Å². The molecule has 4 rings (SSSR count). The van der Waals surface area contributed by atoms with E-state index in [4.69, 9.17) is 0 Å². The Kier molecular flexibility index (Phi) is 4.93. The molecule has 2 amide bonds. The molecule has 0 radical (unpaired) electrons. The first-order valence-electron chi connectivity index (χ1n) is 9.68. The van der Waals surface area contributed by atoms with Gasteiger partial charge in [-0.25, -0.2) is 9.18 Å². The average molecular weight is 345 g/mol. The Morgan fingerprint density at radius 2 is 1.80 bits per heavy atom. The van der Waals surface area contributed by atoms with Crippen molar-refractivity contribution in [1.82, 2.24) is 15.1 Å². The fourth-order valence-electron chi connectivity index (χ4n) is 4.73. The zero-order chi connectivity index (χ0) is 17.2. The van der Waals surface area contributed by atoms with E-state index in [1.807, 2.05) is 17.0 Å². The highest BCUT2D eigenvalue weighted by atomic mass is 19.1. The summed E-state index contributed by atoms with van der Waals surface area (Å²) in [5.74, 6) is 1.29. The van der Waals surface area contributed by atoms with Crippen molar-refractivity contribution in [3.63, 3.8) is 0 Å². The second kappa shape index (κ2) is 7.32. The predicted octanol–water partition coefficient (Wildman–Crippen LogP) is 2.88. The largest absolute Gasteiger partial charge is 0.334 e. The Labute approximate surface area is 149 Å². The van der Waals surface area contributed by atoms with Crippen LogP contribution in [0.3, 0.4) is 0 Å². The lowest BCUT2D eigenvalue weighted by molar-refractivity contribution is 0.158. The molecule has 1 aromatic rings. The van der Waals surface area contributed by atoms with Crippen molar-refractivity contribution in [2.45, 2.75) is 38.1 Å². The van der Waals surface area contributed by atoms with Gasteiger partial charge in [-0.3, -0.25) is 0 Å². The molecule has 2 saturated heterocycles. The van der Waals surface area contributed by atoms with Crippen LogP contribution in [-0.2, 0) is 6.42 Å². The second-order valence-corrected chi connectivity index (χ2v) is 8.06. The molecule has 1 aliphatic carbocycles. The van der Waals surface area contributed by atoms with Gasteiger partial charge >= 0.3 is 6.03 Å². The number of nitrogens with zero attached hydrogens (tertiary/aromatic N) is 2. The van der Waals surface area contributed by atoms with E-state index in [-0.39, 0.29) is 17.9 Å². The third-order valence-electron chi connectivity index (χ3n) is 6.12. The third kappa shape index (κ3) is 4.14. The van der Waals surface area contributed by atoms with E-state index in [9.17, 15) is 9.18 Å². The molecule has 2 bridgehead atoms. The molecule has 0 spiro atoms. The highest BCUT2D eigenvalue weighted by Gasteiger charge is 2.35. The Bertz CT molecular complexity index is 593. The third-order valence-corrected chi connectivity index (χ3v) is 6.12. The maximum Gasteiger partial charge on any atom is 0.317 e. The highest BCUT2D eigenvalue weighted by Crippen LogP contribution is 2.36. The summed E-state index contributed by atoms with van der Waals surface area (Å²) in [6, 6.07) is 7.16. The molecular formula is C20H28FN3O. The lowest BCUT2D eigenvalue weighted by atomic mass is 9.99. The van der Waals surface area contributed by atoms with Gasteiger partial charge in [-0.15, -0.1) is 0 Å². The summed E-state index contributed by atoms with van der Waals surface area (Å²) in [5, 5.41) is 3.25. The molecule has 1 saturated carbocycles. The molecule has 3 fully saturated rings. The minimum Gasteiger partial charge on any atom is -0.334 e. The quantitative estimate of drug-likeness (QED) is 0.911. The summed E-state index contributed by atoms with van der Waals surface area (Å²) in [6.07, 6.45) is 5.88. The van der Waals surface area contributed by atoms with Gasteiger partial charge in [0, 0.05) is 38.8 Å². The van der Waals surface area contributed by atoms with Crippen molar-refractivity contribution in [2.75, 3.05) is 32.7 Å². The molecule has 0 aromatic heterocycles.